The zero-order chi connectivity index (χ0) is 14.8. The maximum Gasteiger partial charge on any atom is 0.119 e. The first-order chi connectivity index (χ1) is 9.67. The van der Waals surface area contributed by atoms with Gasteiger partial charge in [0, 0.05) is 6.54 Å². The average molecular weight is 275 g/mol. The average Bonchev–Trinajstić information content (AvgIpc) is 2.44. The van der Waals surface area contributed by atoms with Crippen LogP contribution in [0.1, 0.15) is 45.6 Å². The second-order valence-corrected chi connectivity index (χ2v) is 5.53. The summed E-state index contributed by atoms with van der Waals surface area (Å²) in [5, 5.41) is 3.23. The lowest BCUT2D eigenvalue weighted by atomic mass is 10.0. The molecule has 1 rings (SSSR count). The van der Waals surface area contributed by atoms with Gasteiger partial charge in [-0.05, 0) is 37.1 Å². The van der Waals surface area contributed by atoms with Crippen LogP contribution in [0.15, 0.2) is 29.8 Å². The Balaban J connectivity index is 2.58. The Labute approximate surface area is 124 Å². The van der Waals surface area contributed by atoms with Gasteiger partial charge in [-0.15, -0.1) is 0 Å². The highest BCUT2D eigenvalue weighted by Crippen LogP contribution is 2.17. The quantitative estimate of drug-likeness (QED) is 0.669. The van der Waals surface area contributed by atoms with Crippen molar-refractivity contribution in [3.05, 3.63) is 35.4 Å². The molecule has 0 spiro atoms. The van der Waals surface area contributed by atoms with Crippen LogP contribution >= 0.6 is 0 Å². The van der Waals surface area contributed by atoms with Gasteiger partial charge in [0.15, 0.2) is 0 Å². The van der Waals surface area contributed by atoms with Crippen LogP contribution in [0.2, 0.25) is 0 Å². The first-order valence-corrected chi connectivity index (χ1v) is 7.75. The number of unbranched alkanes of at least 4 members (excludes halogenated alkanes) is 2. The lowest BCUT2D eigenvalue weighted by Crippen LogP contribution is -2.13. The number of hydrogen-bond donors (Lipinski definition) is 1. The fraction of sp³-hybridized carbons (Fsp3) is 0.556. The topological polar surface area (TPSA) is 21.3 Å². The Morgan fingerprint density at radius 2 is 1.90 bits per heavy atom. The first-order valence-electron chi connectivity index (χ1n) is 7.75. The van der Waals surface area contributed by atoms with Crippen LogP contribution in [0, 0.1) is 5.92 Å². The Morgan fingerprint density at radius 1 is 1.20 bits per heavy atom. The van der Waals surface area contributed by atoms with Gasteiger partial charge in [0.25, 0.3) is 0 Å². The van der Waals surface area contributed by atoms with Gasteiger partial charge in [-0.3, -0.25) is 0 Å². The smallest absolute Gasteiger partial charge is 0.119 e. The van der Waals surface area contributed by atoms with Gasteiger partial charge in [0.05, 0.1) is 6.61 Å². The molecule has 0 atom stereocenters. The van der Waals surface area contributed by atoms with Crippen LogP contribution in [0.4, 0.5) is 0 Å². The predicted molar refractivity (Wildman–Crippen MR) is 88.2 cm³/mol. The molecule has 0 saturated heterocycles. The van der Waals surface area contributed by atoms with Gasteiger partial charge >= 0.3 is 0 Å². The maximum absolute atomic E-state index is 5.73. The summed E-state index contributed by atoms with van der Waals surface area (Å²) in [6, 6.07) is 8.39. The van der Waals surface area contributed by atoms with E-state index in [1.165, 1.54) is 24.0 Å². The molecule has 0 amide bonds. The van der Waals surface area contributed by atoms with E-state index in [0.29, 0.717) is 5.92 Å². The summed E-state index contributed by atoms with van der Waals surface area (Å²) >= 11 is 0. The number of nitrogens with one attached hydrogen (secondary N) is 1. The molecule has 0 aromatic heterocycles. The summed E-state index contributed by atoms with van der Waals surface area (Å²) in [6.07, 6.45) is 5.87. The van der Waals surface area contributed by atoms with E-state index in [2.05, 4.69) is 56.4 Å². The van der Waals surface area contributed by atoms with Crippen molar-refractivity contribution >= 4 is 6.08 Å². The van der Waals surface area contributed by atoms with Crippen molar-refractivity contribution in [3.63, 3.8) is 0 Å². The molecule has 0 bridgehead atoms. The normalized spacial score (nSPS) is 11.9. The lowest BCUT2D eigenvalue weighted by Gasteiger charge is -2.11. The summed E-state index contributed by atoms with van der Waals surface area (Å²) in [5.74, 6) is 1.53. The molecule has 112 valence electrons. The number of ether oxygens (including phenoxy) is 1. The Kier molecular flexibility index (Phi) is 8.05. The van der Waals surface area contributed by atoms with Crippen molar-refractivity contribution in [1.82, 2.24) is 5.32 Å². The summed E-state index contributed by atoms with van der Waals surface area (Å²) in [4.78, 5) is 0. The minimum absolute atomic E-state index is 0.562. The number of likely N-dealkylation sites (N-methyl/N-ethyl adjacent to an activating group) is 1. The largest absolute Gasteiger partial charge is 0.494 e. The van der Waals surface area contributed by atoms with Crippen LogP contribution in [0.5, 0.6) is 5.75 Å². The van der Waals surface area contributed by atoms with Gasteiger partial charge in [-0.25, -0.2) is 0 Å². The Hall–Kier alpha value is -1.28. The first kappa shape index (κ1) is 16.8. The molecule has 0 aliphatic carbocycles. The second-order valence-electron chi connectivity index (χ2n) is 5.53. The van der Waals surface area contributed by atoms with Crippen LogP contribution in [0.25, 0.3) is 6.08 Å². The maximum atomic E-state index is 5.73. The van der Waals surface area contributed by atoms with Gasteiger partial charge in [0.1, 0.15) is 5.75 Å². The molecule has 2 nitrogen and oxygen atoms in total. The SMILES string of the molecule is CCCCCOc1ccc(C=C(CNC)C(C)C)cc1. The van der Waals surface area contributed by atoms with E-state index in [9.17, 15) is 0 Å². The molecule has 0 radical (unpaired) electrons. The molecule has 0 aliphatic heterocycles. The van der Waals surface area contributed by atoms with Crippen molar-refractivity contribution in [2.24, 2.45) is 5.92 Å². The van der Waals surface area contributed by atoms with Crippen molar-refractivity contribution in [3.8, 4) is 5.75 Å². The summed E-state index contributed by atoms with van der Waals surface area (Å²) < 4.78 is 5.73. The van der Waals surface area contributed by atoms with Crippen molar-refractivity contribution in [1.29, 1.82) is 0 Å². The van der Waals surface area contributed by atoms with Crippen LogP contribution < -0.4 is 10.1 Å². The molecule has 0 heterocycles. The standard InChI is InChI=1S/C18H29NO/c1-5-6-7-12-20-18-10-8-16(9-11-18)13-17(14-19-4)15(2)3/h8-11,13,15,19H,5-7,12,14H2,1-4H3. The Bertz CT molecular complexity index is 392. The zero-order valence-electron chi connectivity index (χ0n) is 13.4. The summed E-state index contributed by atoms with van der Waals surface area (Å²) in [6.45, 7) is 8.42. The number of benzene rings is 1. The second kappa shape index (κ2) is 9.60. The van der Waals surface area contributed by atoms with E-state index in [-0.39, 0.29) is 0 Å². The highest BCUT2D eigenvalue weighted by Gasteiger charge is 2.02. The molecule has 1 aromatic carbocycles. The molecule has 1 N–H and O–H groups in total. The van der Waals surface area contributed by atoms with Crippen LogP contribution in [-0.2, 0) is 0 Å². The van der Waals surface area contributed by atoms with Gasteiger partial charge in [-0.1, -0.05) is 57.4 Å². The molecule has 0 saturated carbocycles. The van der Waals surface area contributed by atoms with Crippen LogP contribution in [-0.4, -0.2) is 20.2 Å². The molecule has 0 unspecified atom stereocenters. The molecule has 20 heavy (non-hydrogen) atoms. The lowest BCUT2D eigenvalue weighted by molar-refractivity contribution is 0.306. The van der Waals surface area contributed by atoms with Crippen LogP contribution in [0.3, 0.4) is 0 Å². The summed E-state index contributed by atoms with van der Waals surface area (Å²) in [5.41, 5.74) is 2.66. The molecule has 0 fully saturated rings. The highest BCUT2D eigenvalue weighted by molar-refractivity contribution is 5.54. The Morgan fingerprint density at radius 3 is 2.45 bits per heavy atom. The van der Waals surface area contributed by atoms with Crippen molar-refractivity contribution in [2.45, 2.75) is 40.0 Å². The van der Waals surface area contributed by atoms with Crippen molar-refractivity contribution in [2.75, 3.05) is 20.2 Å². The van der Waals surface area contributed by atoms with Gasteiger partial charge in [0.2, 0.25) is 0 Å². The van der Waals surface area contributed by atoms with E-state index >= 15 is 0 Å². The monoisotopic (exact) mass is 275 g/mol. The van der Waals surface area contributed by atoms with E-state index in [4.69, 9.17) is 4.74 Å². The molecule has 0 aliphatic rings. The number of rotatable bonds is 9. The third-order valence-electron chi connectivity index (χ3n) is 3.37. The highest BCUT2D eigenvalue weighted by atomic mass is 16.5. The van der Waals surface area contributed by atoms with Gasteiger partial charge in [-0.2, -0.15) is 0 Å². The molecule has 2 heteroatoms. The molecular formula is C18H29NO. The third-order valence-corrected chi connectivity index (χ3v) is 3.37. The van der Waals surface area contributed by atoms with Crippen molar-refractivity contribution < 1.29 is 4.74 Å². The number of hydrogen-bond acceptors (Lipinski definition) is 2. The predicted octanol–water partition coefficient (Wildman–Crippen LogP) is 4.51. The van der Waals surface area contributed by atoms with E-state index in [0.717, 1.165) is 25.3 Å². The van der Waals surface area contributed by atoms with E-state index < -0.39 is 0 Å². The van der Waals surface area contributed by atoms with Gasteiger partial charge < -0.3 is 10.1 Å². The molecular weight excluding hydrogens is 246 g/mol. The van der Waals surface area contributed by atoms with E-state index in [1.54, 1.807) is 0 Å². The minimum atomic E-state index is 0.562. The minimum Gasteiger partial charge on any atom is -0.494 e. The van der Waals surface area contributed by atoms with E-state index in [1.807, 2.05) is 7.05 Å². The third kappa shape index (κ3) is 6.25. The fourth-order valence-electron chi connectivity index (χ4n) is 2.04. The zero-order valence-corrected chi connectivity index (χ0v) is 13.4. The fourth-order valence-corrected chi connectivity index (χ4v) is 2.04. The molecule has 1 aromatic rings. The summed E-state index contributed by atoms with van der Waals surface area (Å²) in [7, 11) is 1.99.